The number of carbonyl (C=O) groups excluding carboxylic acids is 1. The molecule has 2 saturated heterocycles. The molecule has 7 heteroatoms. The van der Waals surface area contributed by atoms with E-state index in [1.165, 1.54) is 4.31 Å². The summed E-state index contributed by atoms with van der Waals surface area (Å²) in [6.45, 7) is 3.76. The number of sulfonamides is 1. The summed E-state index contributed by atoms with van der Waals surface area (Å²) in [7, 11) is -3.38. The van der Waals surface area contributed by atoms with E-state index < -0.39 is 16.1 Å². The van der Waals surface area contributed by atoms with Gasteiger partial charge in [-0.3, -0.25) is 4.79 Å². The number of benzene rings is 1. The van der Waals surface area contributed by atoms with Gasteiger partial charge in [0.05, 0.1) is 18.9 Å². The largest absolute Gasteiger partial charge is 0.370 e. The number of hydrogen-bond acceptors (Lipinski definition) is 4. The molecule has 0 radical (unpaired) electrons. The summed E-state index contributed by atoms with van der Waals surface area (Å²) in [4.78, 5) is 14.9. The van der Waals surface area contributed by atoms with Crippen molar-refractivity contribution in [1.82, 2.24) is 9.21 Å². The van der Waals surface area contributed by atoms with Gasteiger partial charge in [-0.25, -0.2) is 8.42 Å². The molecule has 2 aliphatic heterocycles. The van der Waals surface area contributed by atoms with E-state index >= 15 is 0 Å². The van der Waals surface area contributed by atoms with Crippen molar-refractivity contribution in [2.45, 2.75) is 44.8 Å². The summed E-state index contributed by atoms with van der Waals surface area (Å²) < 4.78 is 32.5. The Balaban J connectivity index is 1.74. The van der Waals surface area contributed by atoms with E-state index in [9.17, 15) is 13.2 Å². The molecule has 1 aromatic carbocycles. The second-order valence-electron chi connectivity index (χ2n) is 6.99. The van der Waals surface area contributed by atoms with E-state index in [2.05, 4.69) is 0 Å². The van der Waals surface area contributed by atoms with Gasteiger partial charge in [0.1, 0.15) is 12.1 Å². The Kier molecular flexibility index (Phi) is 6.32. The maximum Gasteiger partial charge on any atom is 0.241 e. The first-order valence-corrected chi connectivity index (χ1v) is 11.1. The summed E-state index contributed by atoms with van der Waals surface area (Å²) in [6.07, 6.45) is 2.73. The fourth-order valence-corrected chi connectivity index (χ4v) is 5.53. The zero-order valence-corrected chi connectivity index (χ0v) is 16.2. The third kappa shape index (κ3) is 4.27. The molecule has 0 N–H and O–H groups in total. The lowest BCUT2D eigenvalue weighted by atomic mass is 10.0. The van der Waals surface area contributed by atoms with Crippen LogP contribution in [0.25, 0.3) is 0 Å². The van der Waals surface area contributed by atoms with Crippen LogP contribution in [0.2, 0.25) is 0 Å². The Morgan fingerprint density at radius 3 is 2.69 bits per heavy atom. The van der Waals surface area contributed by atoms with Crippen molar-refractivity contribution in [2.75, 3.05) is 32.0 Å². The van der Waals surface area contributed by atoms with Crippen LogP contribution in [0.15, 0.2) is 30.3 Å². The van der Waals surface area contributed by atoms with E-state index in [4.69, 9.17) is 4.74 Å². The van der Waals surface area contributed by atoms with Crippen LogP contribution in [0.4, 0.5) is 0 Å². The van der Waals surface area contributed by atoms with Gasteiger partial charge in [0.15, 0.2) is 0 Å². The lowest BCUT2D eigenvalue weighted by molar-refractivity contribution is -0.144. The monoisotopic (exact) mass is 380 g/mol. The number of morpholine rings is 1. The Morgan fingerprint density at radius 1 is 1.19 bits per heavy atom. The lowest BCUT2D eigenvalue weighted by Gasteiger charge is -2.39. The van der Waals surface area contributed by atoms with Crippen LogP contribution in [0.5, 0.6) is 0 Å². The van der Waals surface area contributed by atoms with Gasteiger partial charge in [-0.15, -0.1) is 0 Å². The average molecular weight is 381 g/mol. The molecule has 3 rings (SSSR count). The standard InChI is InChI=1S/C19H28N2O4S/c1-2-14-26(23,24)21-11-7-6-10-17(21)19(22)20-12-13-25-18(15-20)16-8-4-3-5-9-16/h3-5,8-9,17-18H,2,6-7,10-15H2,1H3/t17-,18+/m0/s1. The summed E-state index contributed by atoms with van der Waals surface area (Å²) >= 11 is 0. The minimum atomic E-state index is -3.38. The molecule has 0 aliphatic carbocycles. The molecule has 2 aliphatic rings. The van der Waals surface area contributed by atoms with Crippen LogP contribution in [-0.2, 0) is 19.6 Å². The Labute approximate surface area is 156 Å². The summed E-state index contributed by atoms with van der Waals surface area (Å²) in [5.74, 6) is 0.0283. The molecule has 0 aromatic heterocycles. The SMILES string of the molecule is CCCS(=O)(=O)N1CCCC[C@H]1C(=O)N1CCO[C@@H](c2ccccc2)C1. The molecule has 1 amide bonds. The molecular weight excluding hydrogens is 352 g/mol. The summed E-state index contributed by atoms with van der Waals surface area (Å²) in [5.41, 5.74) is 1.05. The van der Waals surface area contributed by atoms with Crippen LogP contribution >= 0.6 is 0 Å². The first kappa shape index (κ1) is 19.3. The minimum absolute atomic E-state index is 0.0754. The molecule has 2 fully saturated rings. The number of hydrogen-bond donors (Lipinski definition) is 0. The highest BCUT2D eigenvalue weighted by Crippen LogP contribution is 2.27. The van der Waals surface area contributed by atoms with Gasteiger partial charge in [-0.1, -0.05) is 43.7 Å². The molecular formula is C19H28N2O4S. The maximum atomic E-state index is 13.2. The van der Waals surface area contributed by atoms with E-state index in [0.29, 0.717) is 39.1 Å². The van der Waals surface area contributed by atoms with Crippen molar-refractivity contribution >= 4 is 15.9 Å². The Bertz CT molecular complexity index is 708. The third-order valence-corrected chi connectivity index (χ3v) is 7.18. The zero-order chi connectivity index (χ0) is 18.6. The second kappa shape index (κ2) is 8.50. The van der Waals surface area contributed by atoms with E-state index in [-0.39, 0.29) is 17.8 Å². The topological polar surface area (TPSA) is 66.9 Å². The lowest BCUT2D eigenvalue weighted by Crippen LogP contribution is -2.55. The number of nitrogens with zero attached hydrogens (tertiary/aromatic N) is 2. The molecule has 6 nitrogen and oxygen atoms in total. The molecule has 26 heavy (non-hydrogen) atoms. The third-order valence-electron chi connectivity index (χ3n) is 5.11. The summed E-state index contributed by atoms with van der Waals surface area (Å²) in [5, 5.41) is 0. The second-order valence-corrected chi connectivity index (χ2v) is 9.03. The van der Waals surface area contributed by atoms with Crippen LogP contribution in [0.1, 0.15) is 44.3 Å². The molecule has 0 spiro atoms. The predicted molar refractivity (Wildman–Crippen MR) is 100 cm³/mol. The van der Waals surface area contributed by atoms with Crippen LogP contribution in [-0.4, -0.2) is 61.6 Å². The molecule has 0 bridgehead atoms. The number of ether oxygens (including phenoxy) is 1. The first-order chi connectivity index (χ1) is 12.5. The average Bonchev–Trinajstić information content (AvgIpc) is 2.68. The highest BCUT2D eigenvalue weighted by atomic mass is 32.2. The van der Waals surface area contributed by atoms with Crippen LogP contribution < -0.4 is 0 Å². The van der Waals surface area contributed by atoms with Crippen LogP contribution in [0.3, 0.4) is 0 Å². The molecule has 144 valence electrons. The van der Waals surface area contributed by atoms with Gasteiger partial charge in [0.2, 0.25) is 15.9 Å². The predicted octanol–water partition coefficient (Wildman–Crippen LogP) is 2.18. The van der Waals surface area contributed by atoms with Gasteiger partial charge in [-0.2, -0.15) is 4.31 Å². The van der Waals surface area contributed by atoms with Crippen molar-refractivity contribution < 1.29 is 17.9 Å². The van der Waals surface area contributed by atoms with Crippen molar-refractivity contribution in [3.8, 4) is 0 Å². The number of rotatable bonds is 5. The van der Waals surface area contributed by atoms with Crippen molar-refractivity contribution in [2.24, 2.45) is 0 Å². The highest BCUT2D eigenvalue weighted by Gasteiger charge is 2.39. The Morgan fingerprint density at radius 2 is 1.96 bits per heavy atom. The minimum Gasteiger partial charge on any atom is -0.370 e. The van der Waals surface area contributed by atoms with Gasteiger partial charge < -0.3 is 9.64 Å². The highest BCUT2D eigenvalue weighted by molar-refractivity contribution is 7.89. The molecule has 1 aromatic rings. The van der Waals surface area contributed by atoms with Gasteiger partial charge >= 0.3 is 0 Å². The van der Waals surface area contributed by atoms with E-state index in [1.54, 1.807) is 4.90 Å². The Hall–Kier alpha value is -1.44. The fourth-order valence-electron chi connectivity index (χ4n) is 3.79. The van der Waals surface area contributed by atoms with Gasteiger partial charge in [0.25, 0.3) is 0 Å². The summed E-state index contributed by atoms with van der Waals surface area (Å²) in [6, 6.07) is 9.30. The van der Waals surface area contributed by atoms with Crippen molar-refractivity contribution in [1.29, 1.82) is 0 Å². The quantitative estimate of drug-likeness (QED) is 0.785. The van der Waals surface area contributed by atoms with E-state index in [1.807, 2.05) is 37.3 Å². The molecule has 0 unspecified atom stereocenters. The zero-order valence-electron chi connectivity index (χ0n) is 15.3. The van der Waals surface area contributed by atoms with Gasteiger partial charge in [0, 0.05) is 13.1 Å². The number of carbonyl (C=O) groups is 1. The van der Waals surface area contributed by atoms with Crippen molar-refractivity contribution in [3.63, 3.8) is 0 Å². The fraction of sp³-hybridized carbons (Fsp3) is 0.632. The molecule has 0 saturated carbocycles. The smallest absolute Gasteiger partial charge is 0.241 e. The molecule has 2 atom stereocenters. The molecule has 2 heterocycles. The normalized spacial score (nSPS) is 25.2. The maximum absolute atomic E-state index is 13.2. The van der Waals surface area contributed by atoms with E-state index in [0.717, 1.165) is 18.4 Å². The number of piperidine rings is 1. The van der Waals surface area contributed by atoms with Crippen molar-refractivity contribution in [3.05, 3.63) is 35.9 Å². The van der Waals surface area contributed by atoms with Gasteiger partial charge in [-0.05, 0) is 24.8 Å². The first-order valence-electron chi connectivity index (χ1n) is 9.48. The number of amides is 1. The van der Waals surface area contributed by atoms with Crippen LogP contribution in [0, 0.1) is 0 Å².